The molecule has 2 fully saturated rings. The van der Waals surface area contributed by atoms with Crippen molar-refractivity contribution in [1.82, 2.24) is 19.7 Å². The van der Waals surface area contributed by atoms with Crippen LogP contribution in [0.5, 0.6) is 0 Å². The second kappa shape index (κ2) is 10.4. The van der Waals surface area contributed by atoms with Crippen LogP contribution in [-0.4, -0.2) is 76.2 Å². The molecule has 1 aromatic carbocycles. The second-order valence-electron chi connectivity index (χ2n) is 10.8. The zero-order valence-corrected chi connectivity index (χ0v) is 21.4. The molecule has 2 atom stereocenters. The van der Waals surface area contributed by atoms with Crippen LogP contribution in [0.25, 0.3) is 11.1 Å². The molecule has 184 valence electrons. The maximum Gasteiger partial charge on any atom is 0.410 e. The van der Waals surface area contributed by atoms with Crippen LogP contribution in [0.15, 0.2) is 48.8 Å². The van der Waals surface area contributed by atoms with Gasteiger partial charge in [0.25, 0.3) is 0 Å². The first-order valence-electron chi connectivity index (χ1n) is 12.7. The third kappa shape index (κ3) is 5.97. The van der Waals surface area contributed by atoms with Gasteiger partial charge in [0.2, 0.25) is 0 Å². The van der Waals surface area contributed by atoms with Gasteiger partial charge in [-0.15, -0.1) is 0 Å². The van der Waals surface area contributed by atoms with Gasteiger partial charge in [0, 0.05) is 63.2 Å². The molecule has 1 aromatic heterocycles. The summed E-state index contributed by atoms with van der Waals surface area (Å²) >= 11 is 0. The summed E-state index contributed by atoms with van der Waals surface area (Å²) in [4.78, 5) is 23.7. The lowest BCUT2D eigenvalue weighted by Crippen LogP contribution is -2.57. The van der Waals surface area contributed by atoms with Gasteiger partial charge in [0.15, 0.2) is 0 Å². The summed E-state index contributed by atoms with van der Waals surface area (Å²) in [5.74, 6) is 0. The number of carbonyl (C=O) groups is 1. The summed E-state index contributed by atoms with van der Waals surface area (Å²) < 4.78 is 5.55. The smallest absolute Gasteiger partial charge is 0.410 e. The number of nitrogens with zero attached hydrogens (tertiary/aromatic N) is 4. The molecule has 0 aliphatic carbocycles. The van der Waals surface area contributed by atoms with Crippen molar-refractivity contribution in [2.75, 3.05) is 32.7 Å². The van der Waals surface area contributed by atoms with Crippen LogP contribution in [0.2, 0.25) is 0 Å². The molecule has 2 saturated heterocycles. The fourth-order valence-corrected chi connectivity index (χ4v) is 5.34. The van der Waals surface area contributed by atoms with Crippen LogP contribution in [-0.2, 0) is 4.74 Å². The van der Waals surface area contributed by atoms with Crippen molar-refractivity contribution in [3.8, 4) is 11.1 Å². The highest BCUT2D eigenvalue weighted by Gasteiger charge is 2.34. The van der Waals surface area contributed by atoms with Crippen molar-refractivity contribution < 1.29 is 9.53 Å². The van der Waals surface area contributed by atoms with E-state index in [0.29, 0.717) is 18.1 Å². The van der Waals surface area contributed by atoms with Crippen molar-refractivity contribution in [3.63, 3.8) is 0 Å². The van der Waals surface area contributed by atoms with Crippen molar-refractivity contribution in [2.24, 2.45) is 0 Å². The number of aromatic nitrogens is 1. The van der Waals surface area contributed by atoms with E-state index in [9.17, 15) is 4.79 Å². The molecule has 2 aliphatic heterocycles. The van der Waals surface area contributed by atoms with E-state index in [1.165, 1.54) is 16.7 Å². The summed E-state index contributed by atoms with van der Waals surface area (Å²) in [7, 11) is 0. The van der Waals surface area contributed by atoms with Gasteiger partial charge in [-0.25, -0.2) is 4.79 Å². The molecule has 6 nitrogen and oxygen atoms in total. The van der Waals surface area contributed by atoms with E-state index in [1.54, 1.807) is 0 Å². The number of carbonyl (C=O) groups excluding carboxylic acids is 1. The molecule has 2 aliphatic rings. The summed E-state index contributed by atoms with van der Waals surface area (Å²) in [6.45, 7) is 15.3. The maximum atomic E-state index is 12.4. The Hall–Kier alpha value is -2.44. The van der Waals surface area contributed by atoms with Gasteiger partial charge < -0.3 is 9.64 Å². The van der Waals surface area contributed by atoms with E-state index in [1.807, 2.05) is 38.1 Å². The number of piperazine rings is 1. The van der Waals surface area contributed by atoms with Crippen LogP contribution >= 0.6 is 0 Å². The number of piperidine rings is 1. The van der Waals surface area contributed by atoms with Gasteiger partial charge in [-0.1, -0.05) is 24.3 Å². The van der Waals surface area contributed by atoms with Gasteiger partial charge in [0.05, 0.1) is 0 Å². The Balaban J connectivity index is 1.29. The first-order valence-corrected chi connectivity index (χ1v) is 12.7. The third-order valence-electron chi connectivity index (χ3n) is 7.25. The Labute approximate surface area is 204 Å². The Bertz CT molecular complexity index is 933. The van der Waals surface area contributed by atoms with Crippen LogP contribution < -0.4 is 0 Å². The highest BCUT2D eigenvalue weighted by Crippen LogP contribution is 2.29. The molecule has 2 aromatic rings. The summed E-state index contributed by atoms with van der Waals surface area (Å²) in [6, 6.07) is 14.5. The van der Waals surface area contributed by atoms with Crippen LogP contribution in [0, 0.1) is 0 Å². The van der Waals surface area contributed by atoms with Gasteiger partial charge >= 0.3 is 6.09 Å². The van der Waals surface area contributed by atoms with E-state index in [4.69, 9.17) is 4.74 Å². The number of hydrogen-bond donors (Lipinski definition) is 0. The Morgan fingerprint density at radius 2 is 1.59 bits per heavy atom. The standard InChI is InChI=1S/C28H40N4O2/c1-21-20-31(26-12-16-30(17-13-26)27(33)34-28(3,4)5)18-19-32(21)22(2)23-6-8-24(9-7-23)25-10-14-29-15-11-25/h6-11,14-15,21-22,26H,12-13,16-20H2,1-5H3/t21-,22+/m1/s1. The monoisotopic (exact) mass is 464 g/mol. The lowest BCUT2D eigenvalue weighted by atomic mass is 9.98. The predicted octanol–water partition coefficient (Wildman–Crippen LogP) is 5.22. The molecule has 34 heavy (non-hydrogen) atoms. The van der Waals surface area contributed by atoms with Crippen molar-refractivity contribution in [1.29, 1.82) is 0 Å². The van der Waals surface area contributed by atoms with Crippen molar-refractivity contribution >= 4 is 6.09 Å². The van der Waals surface area contributed by atoms with E-state index in [-0.39, 0.29) is 6.09 Å². The predicted molar refractivity (Wildman–Crippen MR) is 137 cm³/mol. The van der Waals surface area contributed by atoms with E-state index in [0.717, 1.165) is 45.6 Å². The topological polar surface area (TPSA) is 48.9 Å². The van der Waals surface area contributed by atoms with E-state index in [2.05, 4.69) is 65.0 Å². The number of pyridine rings is 1. The molecule has 0 unspecified atom stereocenters. The molecule has 0 bridgehead atoms. The summed E-state index contributed by atoms with van der Waals surface area (Å²) in [5.41, 5.74) is 3.36. The van der Waals surface area contributed by atoms with E-state index >= 15 is 0 Å². The SMILES string of the molecule is C[C@@H]1CN(C2CCN(C(=O)OC(C)(C)C)CC2)CCN1[C@@H](C)c1ccc(-c2ccncc2)cc1. The normalized spacial score (nSPS) is 21.9. The van der Waals surface area contributed by atoms with Crippen LogP contribution in [0.1, 0.15) is 59.1 Å². The highest BCUT2D eigenvalue weighted by atomic mass is 16.6. The lowest BCUT2D eigenvalue weighted by Gasteiger charge is -2.47. The Kier molecular flexibility index (Phi) is 7.58. The minimum absolute atomic E-state index is 0.173. The molecule has 3 heterocycles. The molecule has 0 N–H and O–H groups in total. The molecular weight excluding hydrogens is 424 g/mol. The maximum absolute atomic E-state index is 12.4. The average Bonchev–Trinajstić information content (AvgIpc) is 2.83. The van der Waals surface area contributed by atoms with Crippen molar-refractivity contribution in [2.45, 2.75) is 71.2 Å². The molecule has 0 saturated carbocycles. The number of rotatable bonds is 4. The molecule has 6 heteroatoms. The fourth-order valence-electron chi connectivity index (χ4n) is 5.34. The number of likely N-dealkylation sites (tertiary alicyclic amines) is 1. The zero-order valence-electron chi connectivity index (χ0n) is 21.4. The molecule has 1 amide bonds. The largest absolute Gasteiger partial charge is 0.444 e. The second-order valence-corrected chi connectivity index (χ2v) is 10.8. The fraction of sp³-hybridized carbons (Fsp3) is 0.571. The van der Waals surface area contributed by atoms with Gasteiger partial charge in [-0.3, -0.25) is 14.8 Å². The Morgan fingerprint density at radius 3 is 2.18 bits per heavy atom. The number of benzene rings is 1. The third-order valence-corrected chi connectivity index (χ3v) is 7.25. The lowest BCUT2D eigenvalue weighted by molar-refractivity contribution is -0.00206. The Morgan fingerprint density at radius 1 is 0.971 bits per heavy atom. The van der Waals surface area contributed by atoms with Gasteiger partial charge in [0.1, 0.15) is 5.60 Å². The number of amides is 1. The number of hydrogen-bond acceptors (Lipinski definition) is 5. The average molecular weight is 465 g/mol. The summed E-state index contributed by atoms with van der Waals surface area (Å²) in [5, 5.41) is 0. The molecule has 4 rings (SSSR count). The zero-order chi connectivity index (χ0) is 24.3. The van der Waals surface area contributed by atoms with Crippen molar-refractivity contribution in [3.05, 3.63) is 54.4 Å². The first-order chi connectivity index (χ1) is 16.2. The van der Waals surface area contributed by atoms with Gasteiger partial charge in [-0.2, -0.15) is 0 Å². The number of ether oxygens (including phenoxy) is 1. The molecule has 0 radical (unpaired) electrons. The molecular formula is C28H40N4O2. The van der Waals surface area contributed by atoms with Gasteiger partial charge in [-0.05, 0) is 76.3 Å². The van der Waals surface area contributed by atoms with E-state index < -0.39 is 5.60 Å². The summed E-state index contributed by atoms with van der Waals surface area (Å²) in [6.07, 6.45) is 5.56. The minimum atomic E-state index is -0.435. The first kappa shape index (κ1) is 24.7. The minimum Gasteiger partial charge on any atom is -0.444 e. The highest BCUT2D eigenvalue weighted by molar-refractivity contribution is 5.68. The quantitative estimate of drug-likeness (QED) is 0.621. The van der Waals surface area contributed by atoms with Crippen LogP contribution in [0.3, 0.4) is 0 Å². The molecule has 0 spiro atoms. The van der Waals surface area contributed by atoms with Crippen LogP contribution in [0.4, 0.5) is 4.79 Å².